The summed E-state index contributed by atoms with van der Waals surface area (Å²) >= 11 is 0. The molecule has 0 aromatic heterocycles. The summed E-state index contributed by atoms with van der Waals surface area (Å²) in [6.07, 6.45) is -0.921. The summed E-state index contributed by atoms with van der Waals surface area (Å²) in [5.74, 6) is -1.51. The molecule has 0 aliphatic rings. The second kappa shape index (κ2) is 7.92. The van der Waals surface area contributed by atoms with Crippen molar-refractivity contribution in [2.45, 2.75) is 52.4 Å². The molecule has 1 N–H and O–H groups in total. The number of hydrogen-bond donors (Lipinski definition) is 1. The minimum Gasteiger partial charge on any atom is -0.457 e. The maximum Gasteiger partial charge on any atom is 0.431 e. The van der Waals surface area contributed by atoms with Crippen LogP contribution in [0.5, 0.6) is 0 Å². The number of nitrogens with one attached hydrogen (secondary N) is 1. The summed E-state index contributed by atoms with van der Waals surface area (Å²) in [5.41, 5.74) is -0.0150. The highest BCUT2D eigenvalue weighted by Gasteiger charge is 2.44. The van der Waals surface area contributed by atoms with Crippen LogP contribution >= 0.6 is 0 Å². The third-order valence-corrected chi connectivity index (χ3v) is 3.01. The van der Waals surface area contributed by atoms with Crippen molar-refractivity contribution in [3.05, 3.63) is 35.9 Å². The van der Waals surface area contributed by atoms with E-state index < -0.39 is 29.0 Å². The van der Waals surface area contributed by atoms with Gasteiger partial charge in [-0.1, -0.05) is 30.3 Å². The lowest BCUT2D eigenvalue weighted by molar-refractivity contribution is -0.190. The standard InChI is InChI=1S/C17H23NO6/c1-12(19)17(5,14(20)23-16(2,3)4)24-18-15(21)22-11-13-9-7-6-8-10-13/h6-10H,11H2,1-5H3,(H,18,21)/t17-/m0/s1. The van der Waals surface area contributed by atoms with Gasteiger partial charge in [0.25, 0.3) is 0 Å². The molecule has 0 saturated heterocycles. The van der Waals surface area contributed by atoms with Gasteiger partial charge in [0, 0.05) is 0 Å². The Balaban J connectivity index is 2.61. The SMILES string of the molecule is CC(=O)[C@](C)(ONC(=O)OCc1ccccc1)C(=O)OC(C)(C)C. The van der Waals surface area contributed by atoms with Crippen LogP contribution in [0.4, 0.5) is 4.79 Å². The molecule has 1 rings (SSSR count). The Morgan fingerprint density at radius 2 is 1.62 bits per heavy atom. The number of hydroxylamine groups is 1. The fourth-order valence-corrected chi connectivity index (χ4v) is 1.53. The van der Waals surface area contributed by atoms with Crippen molar-refractivity contribution in [1.29, 1.82) is 0 Å². The molecule has 7 nitrogen and oxygen atoms in total. The molecule has 0 aliphatic carbocycles. The quantitative estimate of drug-likeness (QED) is 0.487. The highest BCUT2D eigenvalue weighted by molar-refractivity contribution is 6.05. The molecule has 1 atom stereocenters. The fraction of sp³-hybridized carbons (Fsp3) is 0.471. The number of rotatable bonds is 6. The van der Waals surface area contributed by atoms with Gasteiger partial charge < -0.3 is 9.47 Å². The minimum atomic E-state index is -1.96. The summed E-state index contributed by atoms with van der Waals surface area (Å²) in [5, 5.41) is 0. The van der Waals surface area contributed by atoms with Gasteiger partial charge in [-0.05, 0) is 40.2 Å². The predicted octanol–water partition coefficient (Wildman–Crippen LogP) is 2.53. The third kappa shape index (κ3) is 6.00. The Hall–Kier alpha value is -2.41. The monoisotopic (exact) mass is 337 g/mol. The first kappa shape index (κ1) is 19.6. The second-order valence-corrected chi connectivity index (χ2v) is 6.36. The van der Waals surface area contributed by atoms with Crippen molar-refractivity contribution >= 4 is 17.8 Å². The van der Waals surface area contributed by atoms with E-state index in [0.717, 1.165) is 5.56 Å². The van der Waals surface area contributed by atoms with E-state index in [4.69, 9.17) is 14.3 Å². The molecule has 0 saturated carbocycles. The average Bonchev–Trinajstić information content (AvgIpc) is 2.49. The molecule has 0 bridgehead atoms. The molecule has 0 radical (unpaired) electrons. The van der Waals surface area contributed by atoms with E-state index in [-0.39, 0.29) is 6.61 Å². The molecule has 0 spiro atoms. The largest absolute Gasteiger partial charge is 0.457 e. The Morgan fingerprint density at radius 3 is 2.12 bits per heavy atom. The van der Waals surface area contributed by atoms with Crippen LogP contribution in [-0.2, 0) is 30.5 Å². The van der Waals surface area contributed by atoms with Gasteiger partial charge in [0.1, 0.15) is 12.2 Å². The zero-order chi connectivity index (χ0) is 18.4. The van der Waals surface area contributed by atoms with Crippen molar-refractivity contribution < 1.29 is 28.7 Å². The van der Waals surface area contributed by atoms with E-state index in [0.29, 0.717) is 0 Å². The maximum atomic E-state index is 12.2. The summed E-state index contributed by atoms with van der Waals surface area (Å²) in [6, 6.07) is 9.03. The summed E-state index contributed by atoms with van der Waals surface area (Å²) in [4.78, 5) is 40.6. The van der Waals surface area contributed by atoms with Crippen LogP contribution in [0.2, 0.25) is 0 Å². The smallest absolute Gasteiger partial charge is 0.431 e. The van der Waals surface area contributed by atoms with E-state index in [1.807, 2.05) is 23.7 Å². The maximum absolute atomic E-state index is 12.2. The number of carbonyl (C=O) groups excluding carboxylic acids is 3. The number of esters is 1. The lowest BCUT2D eigenvalue weighted by Gasteiger charge is -2.28. The molecular weight excluding hydrogens is 314 g/mol. The highest BCUT2D eigenvalue weighted by Crippen LogP contribution is 2.18. The van der Waals surface area contributed by atoms with Crippen LogP contribution in [0, 0.1) is 0 Å². The van der Waals surface area contributed by atoms with E-state index >= 15 is 0 Å². The molecule has 1 aromatic carbocycles. The molecular formula is C17H23NO6. The van der Waals surface area contributed by atoms with Crippen LogP contribution in [0.3, 0.4) is 0 Å². The topological polar surface area (TPSA) is 90.9 Å². The van der Waals surface area contributed by atoms with Gasteiger partial charge in [-0.15, -0.1) is 0 Å². The normalized spacial score (nSPS) is 13.5. The van der Waals surface area contributed by atoms with Gasteiger partial charge in [-0.3, -0.25) is 4.79 Å². The first-order chi connectivity index (χ1) is 11.0. The van der Waals surface area contributed by atoms with Gasteiger partial charge in [-0.25, -0.2) is 14.4 Å². The molecule has 24 heavy (non-hydrogen) atoms. The van der Waals surface area contributed by atoms with Gasteiger partial charge >= 0.3 is 12.1 Å². The van der Waals surface area contributed by atoms with Gasteiger partial charge in [0.2, 0.25) is 5.60 Å². The van der Waals surface area contributed by atoms with Crippen molar-refractivity contribution in [2.75, 3.05) is 0 Å². The lowest BCUT2D eigenvalue weighted by Crippen LogP contribution is -2.52. The summed E-state index contributed by atoms with van der Waals surface area (Å²) < 4.78 is 10.1. The van der Waals surface area contributed by atoms with Crippen molar-refractivity contribution in [3.8, 4) is 0 Å². The molecule has 132 valence electrons. The number of Topliss-reactive ketones (excluding diaryl/α,β-unsaturated/α-hetero) is 1. The number of carbonyl (C=O) groups is 3. The zero-order valence-electron chi connectivity index (χ0n) is 14.5. The summed E-state index contributed by atoms with van der Waals surface area (Å²) in [7, 11) is 0. The Bertz CT molecular complexity index is 593. The molecule has 1 amide bonds. The number of ketones is 1. The zero-order valence-corrected chi connectivity index (χ0v) is 14.5. The Morgan fingerprint density at radius 1 is 1.04 bits per heavy atom. The minimum absolute atomic E-state index is 0.0270. The molecule has 1 aromatic rings. The van der Waals surface area contributed by atoms with Crippen molar-refractivity contribution in [3.63, 3.8) is 0 Å². The molecule has 0 unspecified atom stereocenters. The van der Waals surface area contributed by atoms with Gasteiger partial charge in [0.05, 0.1) is 0 Å². The summed E-state index contributed by atoms with van der Waals surface area (Å²) in [6.45, 7) is 7.40. The fourth-order valence-electron chi connectivity index (χ4n) is 1.53. The lowest BCUT2D eigenvalue weighted by atomic mass is 10.0. The predicted molar refractivity (Wildman–Crippen MR) is 85.8 cm³/mol. The van der Waals surface area contributed by atoms with Crippen LogP contribution in [0.1, 0.15) is 40.2 Å². The number of ether oxygens (including phenoxy) is 2. The van der Waals surface area contributed by atoms with Crippen molar-refractivity contribution in [1.82, 2.24) is 5.48 Å². The third-order valence-electron chi connectivity index (χ3n) is 3.01. The highest BCUT2D eigenvalue weighted by atomic mass is 16.7. The van der Waals surface area contributed by atoms with E-state index in [1.165, 1.54) is 13.8 Å². The average molecular weight is 337 g/mol. The first-order valence-electron chi connectivity index (χ1n) is 7.44. The van der Waals surface area contributed by atoms with E-state index in [1.54, 1.807) is 32.9 Å². The van der Waals surface area contributed by atoms with Crippen LogP contribution in [0.15, 0.2) is 30.3 Å². The molecule has 7 heteroatoms. The van der Waals surface area contributed by atoms with E-state index in [2.05, 4.69) is 0 Å². The molecule has 0 aliphatic heterocycles. The number of benzene rings is 1. The Labute approximate surface area is 141 Å². The second-order valence-electron chi connectivity index (χ2n) is 6.36. The van der Waals surface area contributed by atoms with E-state index in [9.17, 15) is 14.4 Å². The molecule has 0 fully saturated rings. The van der Waals surface area contributed by atoms with Crippen LogP contribution in [-0.4, -0.2) is 29.0 Å². The number of hydrogen-bond acceptors (Lipinski definition) is 6. The van der Waals surface area contributed by atoms with Crippen molar-refractivity contribution in [2.24, 2.45) is 0 Å². The van der Waals surface area contributed by atoms with Gasteiger partial charge in [0.15, 0.2) is 5.78 Å². The molecule has 0 heterocycles. The van der Waals surface area contributed by atoms with Crippen LogP contribution < -0.4 is 5.48 Å². The van der Waals surface area contributed by atoms with Gasteiger partial charge in [-0.2, -0.15) is 5.48 Å². The first-order valence-corrected chi connectivity index (χ1v) is 7.44. The van der Waals surface area contributed by atoms with Crippen LogP contribution in [0.25, 0.3) is 0 Å². The Kier molecular flexibility index (Phi) is 6.48. The number of amides is 1.